The van der Waals surface area contributed by atoms with Crippen molar-refractivity contribution in [1.29, 1.82) is 0 Å². The van der Waals surface area contributed by atoms with Gasteiger partial charge in [-0.2, -0.15) is 0 Å². The molecule has 0 aliphatic carbocycles. The fourth-order valence-corrected chi connectivity index (χ4v) is 18.4. The second-order valence-electron chi connectivity index (χ2n) is 32.3. The number of fused-ring (bicyclic) bond motifs is 3. The number of aryl methyl sites for hydroxylation is 3. The second kappa shape index (κ2) is 59.3. The summed E-state index contributed by atoms with van der Waals surface area (Å²) < 4.78 is 84.0. The van der Waals surface area contributed by atoms with E-state index in [1.165, 1.54) is 34.6 Å². The van der Waals surface area contributed by atoms with Crippen LogP contribution in [0.25, 0.3) is 43.2 Å². The van der Waals surface area contributed by atoms with E-state index >= 15 is 0 Å². The smallest absolute Gasteiger partial charge is 0.462 e. The molecule has 132 heavy (non-hydrogen) atoms. The number of aromatic nitrogens is 12. The van der Waals surface area contributed by atoms with Gasteiger partial charge in [0.2, 0.25) is 13.1 Å². The molecule has 5 atom stereocenters. The molecule has 51 heteroatoms. The molecule has 9 rings (SSSR count). The molecule has 1 radical (unpaired) electrons. The zero-order valence-electron chi connectivity index (χ0n) is 78.7. The van der Waals surface area contributed by atoms with Crippen LogP contribution in [0, 0.1) is 51.7 Å². The van der Waals surface area contributed by atoms with Crippen molar-refractivity contribution in [2.45, 2.75) is 218 Å². The zero-order chi connectivity index (χ0) is 97.4. The number of phosphoric acid groups is 1. The molecule has 12 N–H and O–H groups in total. The van der Waals surface area contributed by atoms with Crippen LogP contribution in [-0.4, -0.2) is 321 Å². The molecule has 739 valence electrons. The number of rotatable bonds is 44. The number of aromatic amines is 3. The minimum atomic E-state index is -4.42. The summed E-state index contributed by atoms with van der Waals surface area (Å²) in [5, 5.41) is 17.6. The summed E-state index contributed by atoms with van der Waals surface area (Å²) in [4.78, 5) is 159. The first-order valence-corrected chi connectivity index (χ1v) is 47.2. The third kappa shape index (κ3) is 40.9. The second-order valence-corrected chi connectivity index (χ2v) is 36.7. The Balaban J connectivity index is 0.000000364. The number of anilines is 3. The molecule has 0 aromatic carbocycles. The molecule has 3 fully saturated rings. The normalized spacial score (nSPS) is 15.6. The van der Waals surface area contributed by atoms with Crippen molar-refractivity contribution < 1.29 is 123 Å². The van der Waals surface area contributed by atoms with Crippen molar-refractivity contribution in [2.75, 3.05) is 162 Å². The van der Waals surface area contributed by atoms with Gasteiger partial charge in [0, 0.05) is 124 Å². The number of ether oxygens (including phenoxy) is 6. The number of nitrogens with two attached hydrogens (primary N) is 3. The van der Waals surface area contributed by atoms with Crippen LogP contribution < -0.4 is 34.3 Å². The first kappa shape index (κ1) is 116. The third-order valence-electron chi connectivity index (χ3n) is 20.1. The first-order valence-electron chi connectivity index (χ1n) is 43.4. The molecule has 0 bridgehead atoms. The first-order chi connectivity index (χ1) is 62.0. The molecular weight excluding hydrogens is 1820 g/mol. The molecule has 9 heterocycles. The van der Waals surface area contributed by atoms with Crippen molar-refractivity contribution >= 4 is 112 Å². The summed E-state index contributed by atoms with van der Waals surface area (Å²) >= 11 is 0. The van der Waals surface area contributed by atoms with Crippen molar-refractivity contribution in [3.8, 4) is 0 Å². The molecule has 3 saturated heterocycles. The van der Waals surface area contributed by atoms with Crippen LogP contribution in [0.2, 0.25) is 0 Å². The summed E-state index contributed by atoms with van der Waals surface area (Å²) in [6.45, 7) is 52.8. The maximum Gasteiger partial charge on any atom is 0.472 e. The number of hydrogen-bond acceptors (Lipinski definition) is 38. The standard InChI is InChI=1S/C24H36N7O8P.C21H33N6O9P.C15H32N3OP.C14H22N6O2.C7H12O5.V/c1-16-27-22(25)21-23(28-16)31(24(34)29-21)13-19-5-8-30(9-6-19)10-12-37-40(36-11-7-26-4)38-15-20(39-18(3)33)14-35-17(2)32;1-13-23-19(22)18-20(24-13)27(21(30)25-18)10-16-4-6-26(7-5-16)8-9-34-37(31,32)35-12-17(36-15(3)29)11-33-14(2)28;1-12(2)17(13(3)4)20(19-11-10-16-9)18(14(5)6)15(7)8;1-9-16-12(15)11-13(17-9)20(14(22)18-11)8-10-2-4-19(5-3-10)6-7-21;1-5(9)11-4-7(3-8)12-6(2)10;/h19-20H,5-15H2,1-3H3,(H,29,34)(H2,25,27,28);16-17H,4-12H2,1-3H3,(H,25,30)(H,31,32)(H2,22,23,24);12-15H,10-11H2,1-8H3;10,21H,2-8H2,1H3,(H,18,22)(H2,15,16,17);7-8H,3-4H2,1-2H3;/t20-,40?;17-;;;7-;/m11..0./s1. The summed E-state index contributed by atoms with van der Waals surface area (Å²) in [5.74, 6) is 0.103. The number of aliphatic hydroxyl groups is 2. The van der Waals surface area contributed by atoms with Gasteiger partial charge < -0.3 is 118 Å². The van der Waals surface area contributed by atoms with E-state index in [0.717, 1.165) is 91.3 Å². The molecule has 0 spiro atoms. The van der Waals surface area contributed by atoms with E-state index in [9.17, 15) is 52.6 Å². The largest absolute Gasteiger partial charge is 0.472 e. The van der Waals surface area contributed by atoms with E-state index in [0.29, 0.717) is 145 Å². The van der Waals surface area contributed by atoms with Crippen LogP contribution in [0.1, 0.15) is 153 Å². The quantitative estimate of drug-likeness (QED) is 0.00766. The Bertz CT molecular complexity index is 4870. The maximum atomic E-state index is 12.5. The molecule has 6 aromatic heterocycles. The van der Waals surface area contributed by atoms with E-state index in [1.54, 1.807) is 34.5 Å². The number of nitrogens with one attached hydrogen (secondary N) is 3. The minimum Gasteiger partial charge on any atom is -0.462 e. The molecule has 47 nitrogen and oxygen atoms in total. The van der Waals surface area contributed by atoms with Crippen LogP contribution in [0.4, 0.5) is 17.5 Å². The van der Waals surface area contributed by atoms with Crippen molar-refractivity contribution in [1.82, 2.24) is 82.6 Å². The molecule has 6 aromatic rings. The molecule has 3 aliphatic rings. The molecule has 0 amide bonds. The van der Waals surface area contributed by atoms with Gasteiger partial charge in [0.15, 0.2) is 61.2 Å². The number of H-pyrrole nitrogens is 3. The Morgan fingerprint density at radius 2 is 0.780 bits per heavy atom. The number of likely N-dealkylation sites (tertiary alicyclic amines) is 3. The zero-order valence-corrected chi connectivity index (χ0v) is 82.8. The van der Waals surface area contributed by atoms with E-state index in [-0.39, 0.29) is 113 Å². The fourth-order valence-electron chi connectivity index (χ4n) is 14.4. The van der Waals surface area contributed by atoms with Crippen LogP contribution in [0.3, 0.4) is 0 Å². The molecular formula is C81H135N22O25P3V. The Hall–Kier alpha value is -8.64. The summed E-state index contributed by atoms with van der Waals surface area (Å²) in [7, 11) is -7.06. The number of piperidine rings is 3. The van der Waals surface area contributed by atoms with Gasteiger partial charge in [-0.25, -0.2) is 71.3 Å². The van der Waals surface area contributed by atoms with Gasteiger partial charge in [-0.05, 0) is 172 Å². The Morgan fingerprint density at radius 3 is 1.11 bits per heavy atom. The van der Waals surface area contributed by atoms with E-state index in [4.69, 9.17) is 86.6 Å². The topological polar surface area (TPSA) is 585 Å². The Labute approximate surface area is 782 Å². The number of carbonyl (C=O) groups is 6. The Kier molecular flexibility index (Phi) is 52.0. The number of carbonyl (C=O) groups excluding carboxylic acids is 6. The molecule has 3 aliphatic heterocycles. The van der Waals surface area contributed by atoms with Crippen LogP contribution in [0.5, 0.6) is 0 Å². The summed E-state index contributed by atoms with van der Waals surface area (Å²) in [6.07, 6.45) is 2.83. The van der Waals surface area contributed by atoms with Crippen molar-refractivity contribution in [3.63, 3.8) is 0 Å². The number of phosphoric ester groups is 1. The summed E-state index contributed by atoms with van der Waals surface area (Å²) in [5.41, 5.74) is 20.1. The van der Waals surface area contributed by atoms with Crippen LogP contribution in [0.15, 0.2) is 14.4 Å². The number of nitrogens with zero attached hydrogens (tertiary/aromatic N) is 16. The van der Waals surface area contributed by atoms with Crippen molar-refractivity contribution in [2.24, 2.45) is 17.8 Å². The van der Waals surface area contributed by atoms with Gasteiger partial charge in [-0.1, -0.05) is 0 Å². The van der Waals surface area contributed by atoms with Gasteiger partial charge in [0.05, 0.1) is 39.6 Å². The average molecular weight is 1960 g/mol. The number of imidazole rings is 3. The van der Waals surface area contributed by atoms with Gasteiger partial charge in [-0.3, -0.25) is 51.5 Å². The van der Waals surface area contributed by atoms with Gasteiger partial charge >= 0.3 is 69.3 Å². The molecule has 2 unspecified atom stereocenters. The van der Waals surface area contributed by atoms with Gasteiger partial charge in [-0.15, -0.1) is 0 Å². The van der Waals surface area contributed by atoms with E-state index in [2.05, 4.69) is 143 Å². The van der Waals surface area contributed by atoms with Gasteiger partial charge in [0.25, 0.3) is 0 Å². The van der Waals surface area contributed by atoms with Crippen LogP contribution in [-0.2, 0) is 127 Å². The fraction of sp³-hybridized carbons (Fsp3) is 0.716. The predicted octanol–water partition coefficient (Wildman–Crippen LogP) is 5.34. The number of aliphatic hydroxyl groups excluding tert-OH is 2. The third-order valence-corrected chi connectivity index (χ3v) is 25.3. The van der Waals surface area contributed by atoms with Crippen molar-refractivity contribution in [3.05, 3.63) is 71.8 Å². The van der Waals surface area contributed by atoms with E-state index in [1.807, 2.05) is 0 Å². The van der Waals surface area contributed by atoms with Gasteiger partial charge in [0.1, 0.15) is 67.1 Å². The summed E-state index contributed by atoms with van der Waals surface area (Å²) in [6, 6.07) is 1.70. The number of nitrogen functional groups attached to an aromatic ring is 3. The monoisotopic (exact) mass is 1960 g/mol. The maximum absolute atomic E-state index is 12.5. The SMILES string of the molecule is CC(=O)OC[C@H](CO)OC(C)=O.CC(=O)OC[C@H](COP(=O)(O)OCCN1CCC(Cn2c(=O)[nH]c3c(N)nc(C)nc32)CC1)OC(C)=O.Cc1nc(N)c2[nH]c(=O)n(CC3CCN(CCO)CC3)c2n1.[C-]#[N+]CCOP(N(C(C)C)C(C)C)N(C(C)C)C(C)C.[C-]#[N+]CCOP(OCCN1CCC(Cn2c(=O)[nH]c3c(N)nc(C)nc32)CC1)OC[C@@H](COC(C)=O)OC(C)=O.[V]. The Morgan fingerprint density at radius 1 is 0.462 bits per heavy atom. The number of esters is 6. The van der Waals surface area contributed by atoms with Crippen LogP contribution >= 0.6 is 24.9 Å². The number of β-amino-alcohol motifs (C(OH)–C–C–N with tert-alkyl or cyclic N) is 1. The molecule has 0 saturated carbocycles. The number of hydrogen-bond donors (Lipinski definition) is 9. The predicted molar refractivity (Wildman–Crippen MR) is 487 cm³/mol. The minimum absolute atomic E-state index is 0. The average Bonchev–Trinajstić information content (AvgIpc) is 1.65. The van der Waals surface area contributed by atoms with E-state index < -0.39 is 85.6 Å².